The van der Waals surface area contributed by atoms with Gasteiger partial charge in [-0.2, -0.15) is 5.10 Å². The van der Waals surface area contributed by atoms with Crippen molar-refractivity contribution >= 4 is 17.8 Å². The molecule has 0 unspecified atom stereocenters. The number of carbonyl (C=O) groups excluding carboxylic acids is 1. The predicted molar refractivity (Wildman–Crippen MR) is 98.5 cm³/mol. The zero-order chi connectivity index (χ0) is 19.6. The highest BCUT2D eigenvalue weighted by atomic mass is 16.6. The van der Waals surface area contributed by atoms with Crippen LogP contribution < -0.4 is 19.6 Å². The molecule has 0 saturated heterocycles. The van der Waals surface area contributed by atoms with Crippen LogP contribution in [0.3, 0.4) is 0 Å². The Bertz CT molecular complexity index is 838. The first-order valence-electron chi connectivity index (χ1n) is 8.04. The van der Waals surface area contributed by atoms with Crippen LogP contribution in [0.5, 0.6) is 17.2 Å². The lowest BCUT2D eigenvalue weighted by atomic mass is 10.2. The summed E-state index contributed by atoms with van der Waals surface area (Å²) in [6.45, 7) is 1.93. The number of hydrogen-bond acceptors (Lipinski definition) is 7. The number of hydrogen-bond donors (Lipinski definition) is 1. The first-order chi connectivity index (χ1) is 13.0. The van der Waals surface area contributed by atoms with Crippen molar-refractivity contribution in [3.05, 3.63) is 58.1 Å². The smallest absolute Gasteiger partial charge is 0.310 e. The highest BCUT2D eigenvalue weighted by Crippen LogP contribution is 2.27. The second kappa shape index (κ2) is 9.76. The van der Waals surface area contributed by atoms with Crippen LogP contribution in [0, 0.1) is 10.1 Å². The number of nitro groups is 1. The van der Waals surface area contributed by atoms with Crippen molar-refractivity contribution in [1.82, 2.24) is 5.43 Å². The Hall–Kier alpha value is -3.62. The molecule has 0 aliphatic rings. The molecule has 0 atom stereocenters. The number of rotatable bonds is 9. The van der Waals surface area contributed by atoms with E-state index in [9.17, 15) is 14.9 Å². The topological polar surface area (TPSA) is 112 Å². The zero-order valence-corrected chi connectivity index (χ0v) is 14.9. The summed E-state index contributed by atoms with van der Waals surface area (Å²) in [6.07, 6.45) is 1.44. The van der Waals surface area contributed by atoms with Crippen molar-refractivity contribution < 1.29 is 23.9 Å². The van der Waals surface area contributed by atoms with Crippen molar-refractivity contribution in [2.75, 3.05) is 20.3 Å². The third kappa shape index (κ3) is 5.70. The van der Waals surface area contributed by atoms with E-state index in [4.69, 9.17) is 14.2 Å². The van der Waals surface area contributed by atoms with Crippen molar-refractivity contribution in [3.8, 4) is 17.2 Å². The molecule has 0 saturated carbocycles. The van der Waals surface area contributed by atoms with E-state index in [1.807, 2.05) is 6.92 Å². The molecule has 0 fully saturated rings. The molecule has 9 heteroatoms. The van der Waals surface area contributed by atoms with Crippen LogP contribution in [0.4, 0.5) is 5.69 Å². The molecule has 1 amide bonds. The van der Waals surface area contributed by atoms with E-state index >= 15 is 0 Å². The second-order valence-electron chi connectivity index (χ2n) is 5.15. The average molecular weight is 373 g/mol. The van der Waals surface area contributed by atoms with Gasteiger partial charge < -0.3 is 14.2 Å². The van der Waals surface area contributed by atoms with Gasteiger partial charge in [-0.1, -0.05) is 12.1 Å². The summed E-state index contributed by atoms with van der Waals surface area (Å²) in [6, 6.07) is 11.0. The van der Waals surface area contributed by atoms with Crippen molar-refractivity contribution in [1.29, 1.82) is 0 Å². The third-order valence-corrected chi connectivity index (χ3v) is 3.31. The first-order valence-corrected chi connectivity index (χ1v) is 8.04. The van der Waals surface area contributed by atoms with E-state index in [0.29, 0.717) is 23.7 Å². The molecule has 27 heavy (non-hydrogen) atoms. The molecule has 0 aliphatic heterocycles. The molecular formula is C18H19N3O6. The summed E-state index contributed by atoms with van der Waals surface area (Å²) < 4.78 is 15.8. The Morgan fingerprint density at radius 2 is 1.96 bits per heavy atom. The SMILES string of the molecule is CCOc1cc(/C=N/NC(=O)COc2ccccc2[N+](=O)[O-])ccc1OC. The van der Waals surface area contributed by atoms with Gasteiger partial charge in [-0.15, -0.1) is 0 Å². The molecule has 0 aromatic heterocycles. The molecule has 2 rings (SSSR count). The van der Waals surface area contributed by atoms with Crippen molar-refractivity contribution in [3.63, 3.8) is 0 Å². The van der Waals surface area contributed by atoms with Gasteiger partial charge in [0, 0.05) is 6.07 Å². The van der Waals surface area contributed by atoms with Gasteiger partial charge in [0.1, 0.15) is 0 Å². The summed E-state index contributed by atoms with van der Waals surface area (Å²) in [7, 11) is 1.54. The standard InChI is InChI=1S/C18H19N3O6/c1-3-26-17-10-13(8-9-16(17)25-2)11-19-20-18(22)12-27-15-7-5-4-6-14(15)21(23)24/h4-11H,3,12H2,1-2H3,(H,20,22)/b19-11+. The molecule has 142 valence electrons. The number of nitro benzene ring substituents is 1. The van der Waals surface area contributed by atoms with Gasteiger partial charge in [0.25, 0.3) is 5.91 Å². The quantitative estimate of drug-likeness (QED) is 0.411. The molecule has 2 aromatic carbocycles. The number of benzene rings is 2. The fraction of sp³-hybridized carbons (Fsp3) is 0.222. The normalized spacial score (nSPS) is 10.4. The van der Waals surface area contributed by atoms with E-state index < -0.39 is 17.4 Å². The van der Waals surface area contributed by atoms with Gasteiger partial charge in [-0.05, 0) is 36.8 Å². The molecule has 9 nitrogen and oxygen atoms in total. The number of nitrogens with zero attached hydrogens (tertiary/aromatic N) is 2. The van der Waals surface area contributed by atoms with Crippen LogP contribution in [-0.2, 0) is 4.79 Å². The predicted octanol–water partition coefficient (Wildman–Crippen LogP) is 2.53. The lowest BCUT2D eigenvalue weighted by molar-refractivity contribution is -0.385. The minimum absolute atomic E-state index is 0.0122. The van der Waals surface area contributed by atoms with Gasteiger partial charge in [0.15, 0.2) is 23.9 Å². The van der Waals surface area contributed by atoms with Crippen LogP contribution in [0.1, 0.15) is 12.5 Å². The minimum atomic E-state index is -0.578. The minimum Gasteiger partial charge on any atom is -0.493 e. The highest BCUT2D eigenvalue weighted by Gasteiger charge is 2.14. The van der Waals surface area contributed by atoms with Crippen LogP contribution in [-0.4, -0.2) is 37.4 Å². The van der Waals surface area contributed by atoms with Crippen LogP contribution in [0.15, 0.2) is 47.6 Å². The lowest BCUT2D eigenvalue weighted by Crippen LogP contribution is -2.24. The van der Waals surface area contributed by atoms with Crippen molar-refractivity contribution in [2.45, 2.75) is 6.92 Å². The average Bonchev–Trinajstić information content (AvgIpc) is 2.67. The summed E-state index contributed by atoms with van der Waals surface area (Å²) in [5.74, 6) is 0.618. The highest BCUT2D eigenvalue weighted by molar-refractivity contribution is 5.83. The Kier molecular flexibility index (Phi) is 7.12. The summed E-state index contributed by atoms with van der Waals surface area (Å²) in [5.41, 5.74) is 2.77. The largest absolute Gasteiger partial charge is 0.493 e. The zero-order valence-electron chi connectivity index (χ0n) is 14.9. The van der Waals surface area contributed by atoms with Crippen LogP contribution >= 0.6 is 0 Å². The van der Waals surface area contributed by atoms with E-state index in [-0.39, 0.29) is 11.4 Å². The second-order valence-corrected chi connectivity index (χ2v) is 5.15. The summed E-state index contributed by atoms with van der Waals surface area (Å²) in [5, 5.41) is 14.7. The number of hydrazone groups is 1. The number of para-hydroxylation sites is 2. The lowest BCUT2D eigenvalue weighted by Gasteiger charge is -2.09. The fourth-order valence-electron chi connectivity index (χ4n) is 2.13. The Morgan fingerprint density at radius 3 is 2.67 bits per heavy atom. The van der Waals surface area contributed by atoms with Gasteiger partial charge in [-0.3, -0.25) is 14.9 Å². The summed E-state index contributed by atoms with van der Waals surface area (Å²) >= 11 is 0. The van der Waals surface area contributed by atoms with Crippen LogP contribution in [0.25, 0.3) is 0 Å². The third-order valence-electron chi connectivity index (χ3n) is 3.31. The van der Waals surface area contributed by atoms with Gasteiger partial charge in [0.05, 0.1) is 24.9 Å². The number of amides is 1. The maximum absolute atomic E-state index is 11.8. The van der Waals surface area contributed by atoms with Gasteiger partial charge in [0.2, 0.25) is 0 Å². The van der Waals surface area contributed by atoms with E-state index in [0.717, 1.165) is 0 Å². The molecule has 0 heterocycles. The molecule has 1 N–H and O–H groups in total. The first kappa shape index (κ1) is 19.7. The number of ether oxygens (including phenoxy) is 3. The molecule has 0 radical (unpaired) electrons. The Morgan fingerprint density at radius 1 is 1.19 bits per heavy atom. The van der Waals surface area contributed by atoms with E-state index in [1.54, 1.807) is 31.4 Å². The van der Waals surface area contributed by atoms with Gasteiger partial charge in [-0.25, -0.2) is 5.43 Å². The van der Waals surface area contributed by atoms with Crippen molar-refractivity contribution in [2.24, 2.45) is 5.10 Å². The molecular weight excluding hydrogens is 354 g/mol. The fourth-order valence-corrected chi connectivity index (χ4v) is 2.13. The number of methoxy groups -OCH3 is 1. The van der Waals surface area contributed by atoms with E-state index in [1.165, 1.54) is 24.4 Å². The Balaban J connectivity index is 1.92. The maximum atomic E-state index is 11.8. The Labute approximate surface area is 155 Å². The van der Waals surface area contributed by atoms with Gasteiger partial charge >= 0.3 is 5.69 Å². The number of carbonyl (C=O) groups is 1. The molecule has 0 bridgehead atoms. The molecule has 2 aromatic rings. The summed E-state index contributed by atoms with van der Waals surface area (Å²) in [4.78, 5) is 22.1. The molecule has 0 spiro atoms. The maximum Gasteiger partial charge on any atom is 0.310 e. The van der Waals surface area contributed by atoms with Crippen LogP contribution in [0.2, 0.25) is 0 Å². The number of nitrogens with one attached hydrogen (secondary N) is 1. The monoisotopic (exact) mass is 373 g/mol. The van der Waals surface area contributed by atoms with E-state index in [2.05, 4.69) is 10.5 Å². The molecule has 0 aliphatic carbocycles.